The molecule has 0 aliphatic carbocycles. The highest BCUT2D eigenvalue weighted by atomic mass is 35.5. The zero-order valence-corrected chi connectivity index (χ0v) is 16.4. The van der Waals surface area contributed by atoms with Crippen LogP contribution in [-0.2, 0) is 14.3 Å². The van der Waals surface area contributed by atoms with Gasteiger partial charge in [0.25, 0.3) is 0 Å². The van der Waals surface area contributed by atoms with E-state index in [0.29, 0.717) is 35.4 Å². The van der Waals surface area contributed by atoms with Crippen molar-refractivity contribution < 1.29 is 14.3 Å². The standard InChI is InChI=1S/C16H21Cl2N3O3.ClH/c1-3-21(16(23)14-10(2)24-8-7-19-14)9-13(22)20-15-11(17)5-4-6-12(15)18;/h4-6,10,14,19H,3,7-9H2,1-2H3,(H,20,22);1H/t10-,14+;/m1./s1. The quantitative estimate of drug-likeness (QED) is 0.783. The molecular formula is C16H22Cl3N3O3. The molecule has 1 aliphatic rings. The number of anilines is 1. The topological polar surface area (TPSA) is 70.7 Å². The Morgan fingerprint density at radius 3 is 2.56 bits per heavy atom. The molecule has 1 aliphatic heterocycles. The SMILES string of the molecule is CCN(CC(=O)Nc1c(Cl)cccc1Cl)C(=O)[C@H]1NCCO[C@@H]1C.Cl. The molecule has 0 saturated carbocycles. The average molecular weight is 411 g/mol. The Bertz CT molecular complexity index is 595. The van der Waals surface area contributed by atoms with Crippen molar-refractivity contribution in [2.75, 3.05) is 31.6 Å². The number of nitrogens with zero attached hydrogens (tertiary/aromatic N) is 1. The van der Waals surface area contributed by atoms with Crippen LogP contribution in [0.1, 0.15) is 13.8 Å². The van der Waals surface area contributed by atoms with Crippen LogP contribution in [0.2, 0.25) is 10.0 Å². The summed E-state index contributed by atoms with van der Waals surface area (Å²) < 4.78 is 5.49. The van der Waals surface area contributed by atoms with Gasteiger partial charge in [0.2, 0.25) is 11.8 Å². The highest BCUT2D eigenvalue weighted by Crippen LogP contribution is 2.29. The molecule has 0 radical (unpaired) electrons. The van der Waals surface area contributed by atoms with Gasteiger partial charge in [-0.3, -0.25) is 9.59 Å². The van der Waals surface area contributed by atoms with Crippen LogP contribution in [0.4, 0.5) is 5.69 Å². The molecular weight excluding hydrogens is 389 g/mol. The number of morpholine rings is 1. The largest absolute Gasteiger partial charge is 0.375 e. The van der Waals surface area contributed by atoms with E-state index < -0.39 is 6.04 Å². The van der Waals surface area contributed by atoms with E-state index in [4.69, 9.17) is 27.9 Å². The highest BCUT2D eigenvalue weighted by Gasteiger charge is 2.32. The predicted octanol–water partition coefficient (Wildman–Crippen LogP) is 2.58. The predicted molar refractivity (Wildman–Crippen MR) is 102 cm³/mol. The fraction of sp³-hybridized carbons (Fsp3) is 0.500. The van der Waals surface area contributed by atoms with Gasteiger partial charge in [0.15, 0.2) is 0 Å². The first kappa shape index (κ1) is 22.0. The summed E-state index contributed by atoms with van der Waals surface area (Å²) in [4.78, 5) is 26.4. The number of amides is 2. The molecule has 9 heteroatoms. The number of halogens is 3. The summed E-state index contributed by atoms with van der Waals surface area (Å²) >= 11 is 12.1. The molecule has 0 unspecified atom stereocenters. The van der Waals surface area contributed by atoms with Gasteiger partial charge in [0.1, 0.15) is 6.04 Å². The van der Waals surface area contributed by atoms with E-state index in [0.717, 1.165) is 0 Å². The lowest BCUT2D eigenvalue weighted by atomic mass is 10.1. The number of para-hydroxylation sites is 1. The molecule has 2 atom stereocenters. The molecule has 1 saturated heterocycles. The molecule has 2 N–H and O–H groups in total. The Balaban J connectivity index is 0.00000312. The van der Waals surface area contributed by atoms with Crippen molar-refractivity contribution in [3.05, 3.63) is 28.2 Å². The Labute approximate surface area is 163 Å². The number of rotatable bonds is 5. The molecule has 1 aromatic carbocycles. The van der Waals surface area contributed by atoms with Crippen LogP contribution in [0.25, 0.3) is 0 Å². The van der Waals surface area contributed by atoms with Gasteiger partial charge in [0, 0.05) is 13.1 Å². The van der Waals surface area contributed by atoms with Crippen molar-refractivity contribution in [2.24, 2.45) is 0 Å². The number of hydrogen-bond acceptors (Lipinski definition) is 4. The summed E-state index contributed by atoms with van der Waals surface area (Å²) in [6.45, 7) is 5.17. The van der Waals surface area contributed by atoms with E-state index in [1.165, 1.54) is 4.90 Å². The van der Waals surface area contributed by atoms with Crippen LogP contribution < -0.4 is 10.6 Å². The summed E-state index contributed by atoms with van der Waals surface area (Å²) in [6.07, 6.45) is -0.235. The van der Waals surface area contributed by atoms with Gasteiger partial charge in [-0.05, 0) is 26.0 Å². The van der Waals surface area contributed by atoms with Gasteiger partial charge in [0.05, 0.1) is 35.0 Å². The van der Waals surface area contributed by atoms with Gasteiger partial charge < -0.3 is 20.3 Å². The summed E-state index contributed by atoms with van der Waals surface area (Å²) in [5.41, 5.74) is 0.349. The van der Waals surface area contributed by atoms with Crippen LogP contribution >= 0.6 is 35.6 Å². The first-order chi connectivity index (χ1) is 11.4. The molecule has 0 aromatic heterocycles. The monoisotopic (exact) mass is 409 g/mol. The number of hydrogen-bond donors (Lipinski definition) is 2. The molecule has 1 aromatic rings. The van der Waals surface area contributed by atoms with Crippen LogP contribution in [0, 0.1) is 0 Å². The molecule has 0 bridgehead atoms. The maximum atomic E-state index is 12.6. The lowest BCUT2D eigenvalue weighted by Gasteiger charge is -2.33. The van der Waals surface area contributed by atoms with Crippen molar-refractivity contribution in [3.63, 3.8) is 0 Å². The minimum absolute atomic E-state index is 0. The van der Waals surface area contributed by atoms with Crippen molar-refractivity contribution in [1.82, 2.24) is 10.2 Å². The number of likely N-dealkylation sites (N-methyl/N-ethyl adjacent to an activating group) is 1. The molecule has 1 heterocycles. The summed E-state index contributed by atoms with van der Waals surface area (Å²) in [7, 11) is 0. The third kappa shape index (κ3) is 5.72. The second-order valence-electron chi connectivity index (χ2n) is 5.50. The van der Waals surface area contributed by atoms with Gasteiger partial charge in [-0.15, -0.1) is 12.4 Å². The Morgan fingerprint density at radius 1 is 1.36 bits per heavy atom. The third-order valence-corrected chi connectivity index (χ3v) is 4.47. The van der Waals surface area contributed by atoms with Crippen LogP contribution in [0.3, 0.4) is 0 Å². The summed E-state index contributed by atoms with van der Waals surface area (Å²) in [6, 6.07) is 4.52. The molecule has 0 spiro atoms. The molecule has 140 valence electrons. The molecule has 1 fully saturated rings. The number of carbonyl (C=O) groups is 2. The minimum Gasteiger partial charge on any atom is -0.375 e. The zero-order valence-electron chi connectivity index (χ0n) is 14.1. The smallest absolute Gasteiger partial charge is 0.244 e. The molecule has 6 nitrogen and oxygen atoms in total. The minimum atomic E-state index is -0.449. The second kappa shape index (κ2) is 10.2. The van der Waals surface area contributed by atoms with E-state index in [2.05, 4.69) is 10.6 Å². The van der Waals surface area contributed by atoms with Crippen molar-refractivity contribution >= 4 is 53.1 Å². The fourth-order valence-corrected chi connectivity index (χ4v) is 3.01. The van der Waals surface area contributed by atoms with Gasteiger partial charge in [-0.1, -0.05) is 29.3 Å². The second-order valence-corrected chi connectivity index (χ2v) is 6.32. The van der Waals surface area contributed by atoms with Crippen molar-refractivity contribution in [3.8, 4) is 0 Å². The first-order valence-corrected chi connectivity index (χ1v) is 8.57. The van der Waals surface area contributed by atoms with Gasteiger partial charge in [-0.25, -0.2) is 0 Å². The first-order valence-electron chi connectivity index (χ1n) is 7.81. The Morgan fingerprint density at radius 2 is 2.00 bits per heavy atom. The summed E-state index contributed by atoms with van der Waals surface area (Å²) in [5, 5.41) is 6.50. The van der Waals surface area contributed by atoms with Gasteiger partial charge in [-0.2, -0.15) is 0 Å². The number of benzene rings is 1. The van der Waals surface area contributed by atoms with Crippen molar-refractivity contribution in [2.45, 2.75) is 26.0 Å². The van der Waals surface area contributed by atoms with E-state index in [1.807, 2.05) is 13.8 Å². The lowest BCUT2D eigenvalue weighted by Crippen LogP contribution is -2.57. The maximum Gasteiger partial charge on any atom is 0.244 e. The van der Waals surface area contributed by atoms with Gasteiger partial charge >= 0.3 is 0 Å². The number of nitrogens with one attached hydrogen (secondary N) is 2. The van der Waals surface area contributed by atoms with E-state index in [1.54, 1.807) is 18.2 Å². The highest BCUT2D eigenvalue weighted by molar-refractivity contribution is 6.39. The molecule has 25 heavy (non-hydrogen) atoms. The fourth-order valence-electron chi connectivity index (χ4n) is 2.52. The number of ether oxygens (including phenoxy) is 1. The Hall–Kier alpha value is -1.05. The van der Waals surface area contributed by atoms with E-state index in [9.17, 15) is 9.59 Å². The van der Waals surface area contributed by atoms with Crippen LogP contribution in [0.15, 0.2) is 18.2 Å². The van der Waals surface area contributed by atoms with Crippen LogP contribution in [-0.4, -0.2) is 55.1 Å². The third-order valence-electron chi connectivity index (χ3n) is 3.84. The molecule has 2 amide bonds. The van der Waals surface area contributed by atoms with E-state index in [-0.39, 0.29) is 36.9 Å². The Kier molecular flexibility index (Phi) is 8.96. The number of carbonyl (C=O) groups excluding carboxylic acids is 2. The normalized spacial score (nSPS) is 19.7. The zero-order chi connectivity index (χ0) is 17.7. The lowest BCUT2D eigenvalue weighted by molar-refractivity contribution is -0.141. The van der Waals surface area contributed by atoms with Crippen molar-refractivity contribution in [1.29, 1.82) is 0 Å². The average Bonchev–Trinajstić information content (AvgIpc) is 2.56. The maximum absolute atomic E-state index is 12.6. The van der Waals surface area contributed by atoms with E-state index >= 15 is 0 Å². The molecule has 2 rings (SSSR count). The van der Waals surface area contributed by atoms with Crippen LogP contribution in [0.5, 0.6) is 0 Å². The summed E-state index contributed by atoms with van der Waals surface area (Å²) in [5.74, 6) is -0.519.